The number of phosphoric acid groups is 1. The van der Waals surface area contributed by atoms with Gasteiger partial charge in [-0.3, -0.25) is 23.4 Å². The third-order valence-electron chi connectivity index (χ3n) is 11.2. The number of aliphatic hydroxyl groups excluding tert-OH is 7. The van der Waals surface area contributed by atoms with Gasteiger partial charge in [0.2, 0.25) is 0 Å². The van der Waals surface area contributed by atoms with Gasteiger partial charge in [0.05, 0.1) is 31.0 Å². The van der Waals surface area contributed by atoms with E-state index in [-0.39, 0.29) is 25.7 Å². The van der Waals surface area contributed by atoms with Crippen molar-refractivity contribution < 1.29 is 78.1 Å². The third kappa shape index (κ3) is 23.0. The normalized spacial score (nSPS) is 31.9. The summed E-state index contributed by atoms with van der Waals surface area (Å²) < 4.78 is 34.5. The van der Waals surface area contributed by atoms with E-state index >= 15 is 0 Å². The number of rotatable bonds is 21. The molecular formula is C47H77O16P. The molecule has 12 atom stereocenters. The number of ether oxygens (including phenoxy) is 2. The summed E-state index contributed by atoms with van der Waals surface area (Å²) in [5.41, 5.74) is 0. The van der Waals surface area contributed by atoms with Crippen LogP contribution in [0.15, 0.2) is 60.8 Å². The average molecular weight is 929 g/mol. The fourth-order valence-corrected chi connectivity index (χ4v) is 8.26. The van der Waals surface area contributed by atoms with Crippen LogP contribution in [0.3, 0.4) is 0 Å². The largest absolute Gasteiger partial charge is 0.472 e. The summed E-state index contributed by atoms with van der Waals surface area (Å²) in [7, 11) is -5.46. The van der Waals surface area contributed by atoms with Gasteiger partial charge >= 0.3 is 19.8 Å². The molecule has 16 nitrogen and oxygen atoms in total. The number of aliphatic hydroxyl groups is 7. The highest BCUT2D eigenvalue weighted by atomic mass is 31.2. The summed E-state index contributed by atoms with van der Waals surface area (Å²) in [4.78, 5) is 49.9. The molecule has 0 amide bonds. The van der Waals surface area contributed by atoms with E-state index in [1.807, 2.05) is 13.0 Å². The standard InChI is InChI=1S/C47H77O16P/c1-3-5-7-8-9-10-11-12-13-14-15-16-17-18-23-27-40(51)60-32-35-33-61-64(58,59)63-47-45(56)43(54)37(30-29-34(48)25-21-6-4-2)39(50)31-38(49)36(42(53)44(55)46(47)57)26-22-19-20-24-28-41(52)62-35/h9-10,12-13,15-16,19,22,29-30,34-37,39,42-48,50,53-57H,3-8,11,14,17-18,20-21,23-28,31-33H2,1-2H3,(H,58,59)/b10-9-,13-12-,16-15-,22-19-,30-29+/t34-,35+,36-,37-,39+,42+,43+,44-,45+,46+,47+/m0/s1. The zero-order chi connectivity index (χ0) is 47.3. The minimum absolute atomic E-state index is 0.0525. The zero-order valence-corrected chi connectivity index (χ0v) is 38.7. The number of carbonyl (C=O) groups is 3. The Morgan fingerprint density at radius 2 is 1.45 bits per heavy atom. The lowest BCUT2D eigenvalue weighted by molar-refractivity contribution is -0.166. The molecule has 1 aliphatic carbocycles. The first-order valence-corrected chi connectivity index (χ1v) is 24.7. The van der Waals surface area contributed by atoms with Gasteiger partial charge in [-0.05, 0) is 70.6 Å². The van der Waals surface area contributed by atoms with Crippen LogP contribution >= 0.6 is 7.82 Å². The molecule has 366 valence electrons. The van der Waals surface area contributed by atoms with Crippen LogP contribution in [-0.4, -0.2) is 127 Å². The van der Waals surface area contributed by atoms with Crippen molar-refractivity contribution in [2.45, 2.75) is 191 Å². The second-order valence-corrected chi connectivity index (χ2v) is 18.1. The second-order valence-electron chi connectivity index (χ2n) is 16.7. The maximum absolute atomic E-state index is 13.6. The smallest absolute Gasteiger partial charge is 0.462 e. The highest BCUT2D eigenvalue weighted by Gasteiger charge is 2.49. The summed E-state index contributed by atoms with van der Waals surface area (Å²) >= 11 is 0. The lowest BCUT2D eigenvalue weighted by Crippen LogP contribution is -2.55. The van der Waals surface area contributed by atoms with Crippen molar-refractivity contribution in [3.05, 3.63) is 60.8 Å². The molecule has 1 heterocycles. The van der Waals surface area contributed by atoms with Crippen molar-refractivity contribution in [3.63, 3.8) is 0 Å². The molecule has 0 aromatic carbocycles. The zero-order valence-electron chi connectivity index (χ0n) is 37.8. The number of ketones is 1. The molecule has 0 radical (unpaired) electrons. The molecule has 1 unspecified atom stereocenters. The molecule has 8 N–H and O–H groups in total. The topological polar surface area (TPSA) is 267 Å². The van der Waals surface area contributed by atoms with Gasteiger partial charge in [0.25, 0.3) is 0 Å². The Labute approximate surface area is 379 Å². The predicted molar refractivity (Wildman–Crippen MR) is 240 cm³/mol. The molecule has 2 bridgehead atoms. The molecule has 1 aliphatic heterocycles. The maximum atomic E-state index is 13.6. The van der Waals surface area contributed by atoms with Gasteiger partial charge in [0, 0.05) is 31.1 Å². The minimum atomic E-state index is -5.46. The van der Waals surface area contributed by atoms with Crippen molar-refractivity contribution in [2.24, 2.45) is 11.8 Å². The number of carbonyl (C=O) groups excluding carboxylic acids is 3. The van der Waals surface area contributed by atoms with Gasteiger partial charge in [-0.1, -0.05) is 107 Å². The quantitative estimate of drug-likeness (QED) is 0.0304. The molecule has 2 rings (SSSR count). The van der Waals surface area contributed by atoms with Gasteiger partial charge in [0.15, 0.2) is 6.10 Å². The summed E-state index contributed by atoms with van der Waals surface area (Å²) in [6.07, 6.45) is 11.1. The van der Waals surface area contributed by atoms with E-state index < -0.39 is 112 Å². The first-order chi connectivity index (χ1) is 30.6. The molecule has 64 heavy (non-hydrogen) atoms. The molecule has 0 saturated heterocycles. The first kappa shape index (κ1) is 57.3. The lowest BCUT2D eigenvalue weighted by atomic mass is 9.84. The van der Waals surface area contributed by atoms with Crippen molar-refractivity contribution in [1.82, 2.24) is 0 Å². The Morgan fingerprint density at radius 1 is 0.828 bits per heavy atom. The molecule has 17 heteroatoms. The van der Waals surface area contributed by atoms with Gasteiger partial charge in [-0.15, -0.1) is 0 Å². The number of allylic oxidation sites excluding steroid dienone is 8. The number of cyclic esters (lactones) is 1. The molecule has 0 aromatic rings. The van der Waals surface area contributed by atoms with Crippen LogP contribution in [0.1, 0.15) is 136 Å². The van der Waals surface area contributed by atoms with Crippen LogP contribution in [0.25, 0.3) is 0 Å². The van der Waals surface area contributed by atoms with E-state index in [1.54, 1.807) is 6.08 Å². The van der Waals surface area contributed by atoms with Crippen molar-refractivity contribution in [1.29, 1.82) is 0 Å². The van der Waals surface area contributed by atoms with E-state index in [2.05, 4.69) is 37.3 Å². The van der Waals surface area contributed by atoms with Crippen molar-refractivity contribution in [2.75, 3.05) is 13.2 Å². The van der Waals surface area contributed by atoms with Gasteiger partial charge < -0.3 is 50.1 Å². The number of hydrogen-bond donors (Lipinski definition) is 8. The predicted octanol–water partition coefficient (Wildman–Crippen LogP) is 5.53. The summed E-state index contributed by atoms with van der Waals surface area (Å²) in [5, 5.41) is 78.3. The minimum Gasteiger partial charge on any atom is -0.462 e. The second kappa shape index (κ2) is 32.8. The maximum Gasteiger partial charge on any atom is 0.472 e. The van der Waals surface area contributed by atoms with Gasteiger partial charge in [0.1, 0.15) is 36.8 Å². The Morgan fingerprint density at radius 3 is 2.12 bits per heavy atom. The number of fused-ring (bicyclic) bond motifs is 4. The lowest BCUT2D eigenvalue weighted by Gasteiger charge is -2.36. The van der Waals surface area contributed by atoms with Crippen LogP contribution in [0.4, 0.5) is 0 Å². The molecular weight excluding hydrogens is 851 g/mol. The third-order valence-corrected chi connectivity index (χ3v) is 12.2. The Bertz CT molecular complexity index is 1530. The first-order valence-electron chi connectivity index (χ1n) is 23.2. The Balaban J connectivity index is 2.19. The molecule has 1 saturated carbocycles. The Kier molecular flexibility index (Phi) is 29.3. The highest BCUT2D eigenvalue weighted by molar-refractivity contribution is 7.47. The van der Waals surface area contributed by atoms with E-state index in [4.69, 9.17) is 18.5 Å². The van der Waals surface area contributed by atoms with Gasteiger partial charge in [-0.2, -0.15) is 0 Å². The van der Waals surface area contributed by atoms with E-state index in [9.17, 15) is 59.6 Å². The van der Waals surface area contributed by atoms with Gasteiger partial charge in [-0.25, -0.2) is 4.57 Å². The van der Waals surface area contributed by atoms with Crippen LogP contribution in [-0.2, 0) is 37.5 Å². The Hall–Kier alpha value is -2.86. The van der Waals surface area contributed by atoms with Crippen molar-refractivity contribution >= 4 is 25.5 Å². The highest BCUT2D eigenvalue weighted by Crippen LogP contribution is 2.47. The van der Waals surface area contributed by atoms with E-state index in [1.165, 1.54) is 37.5 Å². The summed E-state index contributed by atoms with van der Waals surface area (Å²) in [6, 6.07) is 0. The molecule has 1 fully saturated rings. The van der Waals surface area contributed by atoms with E-state index in [0.29, 0.717) is 32.1 Å². The fourth-order valence-electron chi connectivity index (χ4n) is 7.29. The number of esters is 2. The molecule has 0 spiro atoms. The van der Waals surface area contributed by atoms with Crippen molar-refractivity contribution in [3.8, 4) is 0 Å². The fraction of sp³-hybridized carbons (Fsp3) is 0.723. The van der Waals surface area contributed by atoms with Crippen LogP contribution in [0.2, 0.25) is 0 Å². The summed E-state index contributed by atoms with van der Waals surface area (Å²) in [5.74, 6) is -5.12. The number of unbranched alkanes of at least 4 members (excludes halogenated alkanes) is 7. The molecule has 2 aliphatic rings. The number of Topliss-reactive ketones (excluding diaryl/α,β-unsaturated/α-hetero) is 1. The average Bonchev–Trinajstić information content (AvgIpc) is 3.26. The molecule has 0 aromatic heterocycles. The monoisotopic (exact) mass is 928 g/mol. The number of phosphoric ester groups is 1. The number of hydrogen-bond acceptors (Lipinski definition) is 15. The van der Waals surface area contributed by atoms with Crippen LogP contribution < -0.4 is 0 Å². The summed E-state index contributed by atoms with van der Waals surface area (Å²) in [6.45, 7) is 2.72. The van der Waals surface area contributed by atoms with Crippen LogP contribution in [0, 0.1) is 11.8 Å². The van der Waals surface area contributed by atoms with Crippen LogP contribution in [0.5, 0.6) is 0 Å². The van der Waals surface area contributed by atoms with E-state index in [0.717, 1.165) is 38.5 Å². The SMILES string of the molecule is CCCCC/C=C\C/C=C\C/C=C\CCCCC(=O)OC[C@@H]1COP(=O)(O)O[C@H]2[C@H](O)[C@@H](O)[C@H](O)[C@@H](C/C=C\CCCC(=O)O1)C(=O)C[C@@H](O)[C@H](/C=C/[C@@H](O)CCCCC)[C@@H](O)[C@H]2O.